The lowest BCUT2D eigenvalue weighted by Gasteiger charge is -2.00. The van der Waals surface area contributed by atoms with Gasteiger partial charge in [-0.2, -0.15) is 0 Å². The Bertz CT molecular complexity index is 248. The first-order valence-electron chi connectivity index (χ1n) is 3.32. The van der Waals surface area contributed by atoms with E-state index in [2.05, 4.69) is 6.92 Å². The second kappa shape index (κ2) is 4.24. The first-order valence-corrected chi connectivity index (χ1v) is 5.06. The second-order valence-electron chi connectivity index (χ2n) is 2.01. The van der Waals surface area contributed by atoms with E-state index in [9.17, 15) is 0 Å². The molecule has 0 atom stereocenters. The fourth-order valence-electron chi connectivity index (χ4n) is 0.748. The topological polar surface area (TPSA) is 0 Å². The average molecular weight is 207 g/mol. The largest absolute Gasteiger partial charge is 0.125 e. The molecule has 0 unspecified atom stereocenters. The van der Waals surface area contributed by atoms with Crippen molar-refractivity contribution in [2.75, 3.05) is 5.75 Å². The zero-order valence-electron chi connectivity index (χ0n) is 6.10. The van der Waals surface area contributed by atoms with Crippen molar-refractivity contribution in [2.45, 2.75) is 11.8 Å². The minimum Gasteiger partial charge on any atom is -0.125 e. The number of hydrogen-bond donors (Lipinski definition) is 0. The zero-order chi connectivity index (χ0) is 8.27. The van der Waals surface area contributed by atoms with E-state index in [0.29, 0.717) is 5.02 Å². The van der Waals surface area contributed by atoms with Crippen LogP contribution in [0, 0.1) is 0 Å². The van der Waals surface area contributed by atoms with E-state index in [-0.39, 0.29) is 0 Å². The Morgan fingerprint density at radius 2 is 2.09 bits per heavy atom. The predicted molar refractivity (Wildman–Crippen MR) is 52.9 cm³/mol. The van der Waals surface area contributed by atoms with E-state index in [1.807, 2.05) is 12.1 Å². The fourth-order valence-corrected chi connectivity index (χ4v) is 1.99. The normalized spacial score (nSPS) is 10.1. The van der Waals surface area contributed by atoms with Crippen molar-refractivity contribution in [2.24, 2.45) is 0 Å². The third kappa shape index (κ3) is 2.58. The van der Waals surface area contributed by atoms with Crippen LogP contribution in [0.25, 0.3) is 0 Å². The van der Waals surface area contributed by atoms with Crippen LogP contribution in [-0.4, -0.2) is 5.75 Å². The molecular weight excluding hydrogens is 199 g/mol. The van der Waals surface area contributed by atoms with Gasteiger partial charge in [-0.25, -0.2) is 0 Å². The molecule has 0 aromatic heterocycles. The summed E-state index contributed by atoms with van der Waals surface area (Å²) in [7, 11) is 0. The third-order valence-electron chi connectivity index (χ3n) is 1.19. The van der Waals surface area contributed by atoms with Crippen LogP contribution in [0.3, 0.4) is 0 Å². The first kappa shape index (κ1) is 9.24. The Balaban J connectivity index is 2.90. The quantitative estimate of drug-likeness (QED) is 0.657. The van der Waals surface area contributed by atoms with Gasteiger partial charge in [-0.05, 0) is 24.0 Å². The van der Waals surface area contributed by atoms with Gasteiger partial charge in [-0.1, -0.05) is 30.1 Å². The van der Waals surface area contributed by atoms with Crippen molar-refractivity contribution in [1.82, 2.24) is 0 Å². The van der Waals surface area contributed by atoms with Gasteiger partial charge in [0.15, 0.2) is 0 Å². The van der Waals surface area contributed by atoms with Crippen LogP contribution < -0.4 is 0 Å². The zero-order valence-corrected chi connectivity index (χ0v) is 8.43. The van der Waals surface area contributed by atoms with Gasteiger partial charge in [-0.15, -0.1) is 11.8 Å². The summed E-state index contributed by atoms with van der Waals surface area (Å²) in [6.45, 7) is 2.09. The van der Waals surface area contributed by atoms with Crippen LogP contribution in [0.4, 0.5) is 0 Å². The number of hydrogen-bond acceptors (Lipinski definition) is 1. The van der Waals surface area contributed by atoms with Crippen molar-refractivity contribution in [3.63, 3.8) is 0 Å². The lowest BCUT2D eigenvalue weighted by molar-refractivity contribution is 1.43. The molecule has 11 heavy (non-hydrogen) atoms. The van der Waals surface area contributed by atoms with Gasteiger partial charge >= 0.3 is 0 Å². The smallest absolute Gasteiger partial charge is 0.0556 e. The van der Waals surface area contributed by atoms with E-state index >= 15 is 0 Å². The molecule has 0 saturated heterocycles. The molecule has 0 bridgehead atoms. The molecule has 0 heterocycles. The number of rotatable bonds is 2. The molecule has 0 N–H and O–H groups in total. The minimum atomic E-state index is 0.690. The van der Waals surface area contributed by atoms with Crippen molar-refractivity contribution < 1.29 is 0 Å². The molecule has 1 aromatic rings. The summed E-state index contributed by atoms with van der Waals surface area (Å²) in [5, 5.41) is 1.43. The molecule has 0 nitrogen and oxygen atoms in total. The highest BCUT2D eigenvalue weighted by atomic mass is 35.5. The minimum absolute atomic E-state index is 0.690. The van der Waals surface area contributed by atoms with E-state index in [4.69, 9.17) is 23.2 Å². The van der Waals surface area contributed by atoms with Crippen molar-refractivity contribution in [1.29, 1.82) is 0 Å². The molecule has 0 aliphatic heterocycles. The van der Waals surface area contributed by atoms with Crippen molar-refractivity contribution >= 4 is 35.0 Å². The average Bonchev–Trinajstić information content (AvgIpc) is 1.95. The summed E-state index contributed by atoms with van der Waals surface area (Å²) in [6, 6.07) is 5.56. The summed E-state index contributed by atoms with van der Waals surface area (Å²) in [6.07, 6.45) is 0. The Hall–Kier alpha value is 0.150. The molecule has 0 aliphatic carbocycles. The lowest BCUT2D eigenvalue weighted by Crippen LogP contribution is -1.74. The van der Waals surface area contributed by atoms with Gasteiger partial charge in [0.2, 0.25) is 0 Å². The highest BCUT2D eigenvalue weighted by molar-refractivity contribution is 7.99. The summed E-state index contributed by atoms with van der Waals surface area (Å²) in [4.78, 5) is 1.10. The standard InChI is InChI=1S/C8H8Cl2S/c1-2-11-8-4-3-6(9)5-7(8)10/h3-5H,2H2,1H3. The summed E-state index contributed by atoms with van der Waals surface area (Å²) < 4.78 is 0. The van der Waals surface area contributed by atoms with E-state index in [0.717, 1.165) is 15.7 Å². The number of benzene rings is 1. The van der Waals surface area contributed by atoms with Gasteiger partial charge < -0.3 is 0 Å². The highest BCUT2D eigenvalue weighted by Crippen LogP contribution is 2.28. The summed E-state index contributed by atoms with van der Waals surface area (Å²) in [5.41, 5.74) is 0. The third-order valence-corrected chi connectivity index (χ3v) is 2.81. The molecule has 60 valence electrons. The number of halogens is 2. The maximum absolute atomic E-state index is 5.90. The van der Waals surface area contributed by atoms with Crippen LogP contribution >= 0.6 is 35.0 Å². The SMILES string of the molecule is CCSc1ccc(Cl)cc1Cl. The van der Waals surface area contributed by atoms with Crippen LogP contribution in [0.2, 0.25) is 10.0 Å². The summed E-state index contributed by atoms with van der Waals surface area (Å²) >= 11 is 13.3. The maximum Gasteiger partial charge on any atom is 0.0556 e. The van der Waals surface area contributed by atoms with Crippen molar-refractivity contribution in [3.8, 4) is 0 Å². The van der Waals surface area contributed by atoms with Gasteiger partial charge in [0.1, 0.15) is 0 Å². The molecule has 0 radical (unpaired) electrons. The van der Waals surface area contributed by atoms with Crippen LogP contribution in [0.15, 0.2) is 23.1 Å². The Kier molecular flexibility index (Phi) is 3.57. The van der Waals surface area contributed by atoms with E-state index < -0.39 is 0 Å². The Morgan fingerprint density at radius 3 is 2.64 bits per heavy atom. The van der Waals surface area contributed by atoms with Crippen LogP contribution in [0.5, 0.6) is 0 Å². The Morgan fingerprint density at radius 1 is 1.36 bits per heavy atom. The molecule has 0 fully saturated rings. The van der Waals surface area contributed by atoms with Gasteiger partial charge in [-0.3, -0.25) is 0 Å². The van der Waals surface area contributed by atoms with Gasteiger partial charge in [0.25, 0.3) is 0 Å². The number of thioether (sulfide) groups is 1. The molecule has 0 aliphatic rings. The van der Waals surface area contributed by atoms with E-state index in [1.165, 1.54) is 0 Å². The molecule has 1 aromatic carbocycles. The van der Waals surface area contributed by atoms with Crippen molar-refractivity contribution in [3.05, 3.63) is 28.2 Å². The molecular formula is C8H8Cl2S. The second-order valence-corrected chi connectivity index (χ2v) is 4.16. The van der Waals surface area contributed by atoms with Gasteiger partial charge in [0.05, 0.1) is 5.02 Å². The molecule has 0 saturated carbocycles. The summed E-state index contributed by atoms with van der Waals surface area (Å²) in [5.74, 6) is 1.03. The molecule has 1 rings (SSSR count). The van der Waals surface area contributed by atoms with Crippen LogP contribution in [0.1, 0.15) is 6.92 Å². The van der Waals surface area contributed by atoms with E-state index in [1.54, 1.807) is 17.8 Å². The fraction of sp³-hybridized carbons (Fsp3) is 0.250. The molecule has 0 spiro atoms. The first-order chi connectivity index (χ1) is 5.24. The Labute approximate surface area is 80.9 Å². The van der Waals surface area contributed by atoms with Gasteiger partial charge in [0, 0.05) is 9.92 Å². The monoisotopic (exact) mass is 206 g/mol. The molecule has 3 heteroatoms. The van der Waals surface area contributed by atoms with Crippen LogP contribution in [-0.2, 0) is 0 Å². The molecule has 0 amide bonds. The lowest BCUT2D eigenvalue weighted by atomic mass is 10.4. The predicted octanol–water partition coefficient (Wildman–Crippen LogP) is 4.11. The highest BCUT2D eigenvalue weighted by Gasteiger charge is 1.99. The maximum atomic E-state index is 5.90.